The molecule has 3 aromatic heterocycles. The van der Waals surface area contributed by atoms with Crippen LogP contribution in [-0.2, 0) is 6.18 Å². The smallest absolute Gasteiger partial charge is 0.397 e. The van der Waals surface area contributed by atoms with Crippen LogP contribution in [-0.4, -0.2) is 9.97 Å². The number of aromatic nitrogens is 2. The van der Waals surface area contributed by atoms with E-state index in [2.05, 4.69) is 9.97 Å². The van der Waals surface area contributed by atoms with Gasteiger partial charge in [-0.3, -0.25) is 4.98 Å². The van der Waals surface area contributed by atoms with Crippen molar-refractivity contribution in [3.63, 3.8) is 0 Å². The molecule has 0 saturated heterocycles. The largest absolute Gasteiger partial charge is 0.417 e. The second kappa shape index (κ2) is 4.70. The summed E-state index contributed by atoms with van der Waals surface area (Å²) >= 11 is 1.16. The molecule has 0 saturated carbocycles. The zero-order valence-corrected chi connectivity index (χ0v) is 11.7. The zero-order chi connectivity index (χ0) is 15.2. The molecule has 0 aromatic carbocycles. The lowest BCUT2D eigenvalue weighted by Gasteiger charge is -2.09. The highest BCUT2D eigenvalue weighted by atomic mass is 32.1. The highest BCUT2D eigenvalue weighted by molar-refractivity contribution is 7.22. The SMILES string of the molecule is Cc1cc(C(F)(F)F)c2c(N)c(-c3ccncc3)sc2n1. The molecule has 7 heteroatoms. The maximum atomic E-state index is 13.2. The number of rotatable bonds is 1. The van der Waals surface area contributed by atoms with Crippen LogP contribution < -0.4 is 5.73 Å². The molecule has 0 aliphatic rings. The van der Waals surface area contributed by atoms with Crippen LogP contribution in [0.25, 0.3) is 20.7 Å². The second-order valence-electron chi connectivity index (χ2n) is 4.57. The summed E-state index contributed by atoms with van der Waals surface area (Å²) in [6.07, 6.45) is -1.32. The van der Waals surface area contributed by atoms with Crippen molar-refractivity contribution in [2.45, 2.75) is 13.1 Å². The first kappa shape index (κ1) is 13.8. The summed E-state index contributed by atoms with van der Waals surface area (Å²) in [6, 6.07) is 4.45. The average Bonchev–Trinajstić information content (AvgIpc) is 2.75. The summed E-state index contributed by atoms with van der Waals surface area (Å²) in [5, 5.41) is -0.0232. The molecule has 3 aromatic rings. The van der Waals surface area contributed by atoms with Crippen molar-refractivity contribution in [1.29, 1.82) is 0 Å². The van der Waals surface area contributed by atoms with E-state index in [1.54, 1.807) is 24.5 Å². The Hall–Kier alpha value is -2.15. The number of halogens is 3. The minimum atomic E-state index is -4.46. The first-order chi connectivity index (χ1) is 9.88. The first-order valence-electron chi connectivity index (χ1n) is 6.05. The van der Waals surface area contributed by atoms with Gasteiger partial charge in [-0.05, 0) is 30.7 Å². The van der Waals surface area contributed by atoms with E-state index in [0.717, 1.165) is 23.0 Å². The Labute approximate surface area is 122 Å². The predicted octanol–water partition coefficient (Wildman–Crippen LogP) is 4.27. The standard InChI is InChI=1S/C14H10F3N3S/c1-7-6-9(14(15,16)17)10-11(18)12(21-13(10)20-7)8-2-4-19-5-3-8/h2-6H,18H2,1H3. The number of hydrogen-bond donors (Lipinski definition) is 1. The summed E-state index contributed by atoms with van der Waals surface area (Å²) in [7, 11) is 0. The summed E-state index contributed by atoms with van der Waals surface area (Å²) in [5.74, 6) is 0. The van der Waals surface area contributed by atoms with Crippen LogP contribution in [0.4, 0.5) is 18.9 Å². The number of hydrogen-bond acceptors (Lipinski definition) is 4. The Balaban J connectivity index is 2.35. The number of aryl methyl sites for hydroxylation is 1. The summed E-state index contributed by atoms with van der Waals surface area (Å²) < 4.78 is 39.6. The van der Waals surface area contributed by atoms with E-state index in [1.165, 1.54) is 6.92 Å². The monoisotopic (exact) mass is 309 g/mol. The zero-order valence-electron chi connectivity index (χ0n) is 10.9. The fourth-order valence-corrected chi connectivity index (χ4v) is 3.36. The number of nitrogen functional groups attached to an aromatic ring is 1. The Bertz CT molecular complexity index is 810. The Morgan fingerprint density at radius 3 is 2.48 bits per heavy atom. The Kier molecular flexibility index (Phi) is 3.09. The van der Waals surface area contributed by atoms with E-state index in [4.69, 9.17) is 5.73 Å². The number of nitrogens with zero attached hydrogens (tertiary/aromatic N) is 2. The summed E-state index contributed by atoms with van der Waals surface area (Å²) in [6.45, 7) is 1.54. The number of anilines is 1. The van der Waals surface area contributed by atoms with Crippen molar-refractivity contribution in [1.82, 2.24) is 9.97 Å². The Morgan fingerprint density at radius 1 is 1.19 bits per heavy atom. The molecule has 0 aliphatic carbocycles. The highest BCUT2D eigenvalue weighted by Gasteiger charge is 2.35. The minimum absolute atomic E-state index is 0.0232. The van der Waals surface area contributed by atoms with Gasteiger partial charge in [0.1, 0.15) is 4.83 Å². The molecular formula is C14H10F3N3S. The first-order valence-corrected chi connectivity index (χ1v) is 6.87. The molecule has 21 heavy (non-hydrogen) atoms. The topological polar surface area (TPSA) is 51.8 Å². The van der Waals surface area contributed by atoms with Crippen LogP contribution in [0.1, 0.15) is 11.3 Å². The minimum Gasteiger partial charge on any atom is -0.397 e. The van der Waals surface area contributed by atoms with Crippen molar-refractivity contribution in [2.24, 2.45) is 0 Å². The number of pyridine rings is 2. The third-order valence-electron chi connectivity index (χ3n) is 3.07. The lowest BCUT2D eigenvalue weighted by atomic mass is 10.1. The normalized spacial score (nSPS) is 12.0. The number of alkyl halides is 3. The van der Waals surface area contributed by atoms with Crippen LogP contribution in [0.15, 0.2) is 30.6 Å². The van der Waals surface area contributed by atoms with Gasteiger partial charge in [-0.2, -0.15) is 13.2 Å². The lowest BCUT2D eigenvalue weighted by Crippen LogP contribution is -2.07. The van der Waals surface area contributed by atoms with Gasteiger partial charge >= 0.3 is 6.18 Å². The van der Waals surface area contributed by atoms with Crippen LogP contribution in [0, 0.1) is 6.92 Å². The van der Waals surface area contributed by atoms with Crippen LogP contribution in [0.3, 0.4) is 0 Å². The molecule has 3 rings (SSSR count). The van der Waals surface area contributed by atoms with Crippen LogP contribution >= 0.6 is 11.3 Å². The van der Waals surface area contributed by atoms with Gasteiger partial charge in [0.2, 0.25) is 0 Å². The number of fused-ring (bicyclic) bond motifs is 1. The molecule has 3 nitrogen and oxygen atoms in total. The van der Waals surface area contributed by atoms with Gasteiger partial charge in [0.25, 0.3) is 0 Å². The molecule has 0 atom stereocenters. The van der Waals surface area contributed by atoms with Gasteiger partial charge in [-0.25, -0.2) is 4.98 Å². The van der Waals surface area contributed by atoms with Gasteiger partial charge in [0.15, 0.2) is 0 Å². The molecule has 108 valence electrons. The predicted molar refractivity (Wildman–Crippen MR) is 77.0 cm³/mol. The van der Waals surface area contributed by atoms with E-state index in [9.17, 15) is 13.2 Å². The molecule has 3 heterocycles. The molecule has 0 bridgehead atoms. The van der Waals surface area contributed by atoms with Gasteiger partial charge in [-0.1, -0.05) is 0 Å². The molecule has 0 aliphatic heterocycles. The molecule has 0 amide bonds. The average molecular weight is 309 g/mol. The van der Waals surface area contributed by atoms with Crippen molar-refractivity contribution in [2.75, 3.05) is 5.73 Å². The molecule has 0 spiro atoms. The number of thiophene rings is 1. The van der Waals surface area contributed by atoms with Gasteiger partial charge in [0.05, 0.1) is 16.1 Å². The summed E-state index contributed by atoms with van der Waals surface area (Å²) in [4.78, 5) is 8.95. The number of nitrogens with two attached hydrogens (primary N) is 1. The van der Waals surface area contributed by atoms with Gasteiger partial charge in [0, 0.05) is 23.5 Å². The second-order valence-corrected chi connectivity index (χ2v) is 5.57. The third kappa shape index (κ3) is 2.33. The van der Waals surface area contributed by atoms with E-state index in [0.29, 0.717) is 15.4 Å². The third-order valence-corrected chi connectivity index (χ3v) is 4.22. The van der Waals surface area contributed by atoms with Crippen molar-refractivity contribution >= 4 is 27.2 Å². The van der Waals surface area contributed by atoms with Gasteiger partial charge < -0.3 is 5.73 Å². The fraction of sp³-hybridized carbons (Fsp3) is 0.143. The molecular weight excluding hydrogens is 299 g/mol. The van der Waals surface area contributed by atoms with E-state index < -0.39 is 11.7 Å². The van der Waals surface area contributed by atoms with Crippen molar-refractivity contribution in [3.8, 4) is 10.4 Å². The maximum Gasteiger partial charge on any atom is 0.417 e. The van der Waals surface area contributed by atoms with Crippen molar-refractivity contribution < 1.29 is 13.2 Å². The summed E-state index contributed by atoms with van der Waals surface area (Å²) in [5.41, 5.74) is 6.39. The molecule has 0 unspecified atom stereocenters. The van der Waals surface area contributed by atoms with Crippen LogP contribution in [0.5, 0.6) is 0 Å². The molecule has 2 N–H and O–H groups in total. The quantitative estimate of drug-likeness (QED) is 0.730. The fourth-order valence-electron chi connectivity index (χ4n) is 2.19. The van der Waals surface area contributed by atoms with E-state index >= 15 is 0 Å². The lowest BCUT2D eigenvalue weighted by molar-refractivity contribution is -0.136. The molecule has 0 radical (unpaired) electrons. The van der Waals surface area contributed by atoms with E-state index in [1.807, 2.05) is 0 Å². The van der Waals surface area contributed by atoms with Crippen molar-refractivity contribution in [3.05, 3.63) is 41.9 Å². The van der Waals surface area contributed by atoms with E-state index in [-0.39, 0.29) is 11.1 Å². The molecule has 0 fully saturated rings. The van der Waals surface area contributed by atoms with Crippen LogP contribution in [0.2, 0.25) is 0 Å². The van der Waals surface area contributed by atoms with Gasteiger partial charge in [-0.15, -0.1) is 11.3 Å². The maximum absolute atomic E-state index is 13.2. The highest BCUT2D eigenvalue weighted by Crippen LogP contribution is 2.45. The Morgan fingerprint density at radius 2 is 1.86 bits per heavy atom.